The average molecular weight is 451 g/mol. The van der Waals surface area contributed by atoms with E-state index in [1.54, 1.807) is 12.1 Å². The number of fused-ring (bicyclic) bond motifs is 1. The van der Waals surface area contributed by atoms with Crippen LogP contribution in [0.5, 0.6) is 0 Å². The maximum atomic E-state index is 13.8. The van der Waals surface area contributed by atoms with Crippen LogP contribution < -0.4 is 11.1 Å². The van der Waals surface area contributed by atoms with Gasteiger partial charge in [-0.1, -0.05) is 30.4 Å². The molecule has 0 radical (unpaired) electrons. The number of hydrogen-bond acceptors (Lipinski definition) is 5. The van der Waals surface area contributed by atoms with Crippen LogP contribution in [0.3, 0.4) is 0 Å². The van der Waals surface area contributed by atoms with Gasteiger partial charge in [-0.15, -0.1) is 0 Å². The lowest BCUT2D eigenvalue weighted by Crippen LogP contribution is -2.37. The van der Waals surface area contributed by atoms with Gasteiger partial charge in [-0.25, -0.2) is 8.78 Å². The molecule has 170 valence electrons. The Morgan fingerprint density at radius 2 is 2.12 bits per heavy atom. The lowest BCUT2D eigenvalue weighted by molar-refractivity contribution is -0.131. The molecule has 1 unspecified atom stereocenters. The van der Waals surface area contributed by atoms with Crippen LogP contribution in [0.25, 0.3) is 12.2 Å². The Morgan fingerprint density at radius 3 is 2.88 bits per heavy atom. The van der Waals surface area contributed by atoms with Crippen LogP contribution in [0.2, 0.25) is 0 Å². The van der Waals surface area contributed by atoms with Crippen molar-refractivity contribution >= 4 is 24.0 Å². The molecule has 4 rings (SSSR count). The van der Waals surface area contributed by atoms with Crippen LogP contribution >= 0.6 is 0 Å². The molecule has 9 heteroatoms. The van der Waals surface area contributed by atoms with Gasteiger partial charge in [0.15, 0.2) is 0 Å². The number of benzene rings is 1. The van der Waals surface area contributed by atoms with E-state index in [9.17, 15) is 23.6 Å². The number of aromatic nitrogens is 1. The van der Waals surface area contributed by atoms with Gasteiger partial charge in [0, 0.05) is 30.3 Å². The highest BCUT2D eigenvalue weighted by atomic mass is 19.3. The molecule has 1 aromatic heterocycles. The summed E-state index contributed by atoms with van der Waals surface area (Å²) in [4.78, 5) is 29.9. The summed E-state index contributed by atoms with van der Waals surface area (Å²) in [6.45, 7) is 0.911. The van der Waals surface area contributed by atoms with Crippen molar-refractivity contribution in [1.82, 2.24) is 15.2 Å². The van der Waals surface area contributed by atoms with Crippen molar-refractivity contribution < 1.29 is 18.4 Å². The molecule has 0 saturated carbocycles. The fourth-order valence-electron chi connectivity index (χ4n) is 4.28. The smallest absolute Gasteiger partial charge is 0.268 e. The number of nitrogens with one attached hydrogen (secondary N) is 1. The van der Waals surface area contributed by atoms with Crippen LogP contribution in [-0.2, 0) is 24.2 Å². The van der Waals surface area contributed by atoms with Crippen LogP contribution in [-0.4, -0.2) is 46.8 Å². The molecule has 3 N–H and O–H groups in total. The van der Waals surface area contributed by atoms with E-state index in [-0.39, 0.29) is 17.7 Å². The summed E-state index contributed by atoms with van der Waals surface area (Å²) in [5.41, 5.74) is 9.69. The van der Waals surface area contributed by atoms with Crippen LogP contribution in [0.1, 0.15) is 44.7 Å². The number of nitriles is 1. The second-order valence-electron chi connectivity index (χ2n) is 8.27. The molecular formula is C24H23F2N5O2. The molecule has 0 aliphatic carbocycles. The molecule has 2 aliphatic rings. The quantitative estimate of drug-likeness (QED) is 0.725. The molecule has 3 heterocycles. The van der Waals surface area contributed by atoms with E-state index in [2.05, 4.69) is 16.4 Å². The topological polar surface area (TPSA) is 112 Å². The lowest BCUT2D eigenvalue weighted by atomic mass is 9.97. The molecule has 1 atom stereocenters. The number of nitrogens with zero attached hydrogens (tertiary/aromatic N) is 3. The summed E-state index contributed by atoms with van der Waals surface area (Å²) >= 11 is 0. The van der Waals surface area contributed by atoms with Crippen molar-refractivity contribution in [3.05, 3.63) is 64.0 Å². The predicted molar refractivity (Wildman–Crippen MR) is 118 cm³/mol. The SMILES string of the molecule is N#CC1CC(F)(F)CN1C(=O)Cc1nccc(C(N)=O)c1C=Cc1ccc2c(c1)CCNC2. The minimum atomic E-state index is -3.11. The molecule has 1 saturated heterocycles. The molecule has 0 bridgehead atoms. The van der Waals surface area contributed by atoms with Gasteiger partial charge in [-0.2, -0.15) is 5.26 Å². The molecule has 7 nitrogen and oxygen atoms in total. The minimum Gasteiger partial charge on any atom is -0.366 e. The number of halogens is 2. The molecule has 33 heavy (non-hydrogen) atoms. The van der Waals surface area contributed by atoms with Crippen molar-refractivity contribution in [1.29, 1.82) is 5.26 Å². The number of alkyl halides is 2. The van der Waals surface area contributed by atoms with E-state index in [0.29, 0.717) is 5.56 Å². The van der Waals surface area contributed by atoms with E-state index < -0.39 is 36.7 Å². The standard InChI is InChI=1S/C24H23F2N5O2/c25-24(26)11-18(12-27)31(14-24)22(32)10-21-19(20(23(28)33)6-8-30-21)4-2-15-1-3-17-13-29-7-5-16(17)9-15/h1-4,6,8-9,18,29H,5,7,10-11,13-14H2,(H2,28,33). The van der Waals surface area contributed by atoms with Gasteiger partial charge in [-0.05, 0) is 35.7 Å². The monoisotopic (exact) mass is 451 g/mol. The molecule has 2 amide bonds. The number of rotatable bonds is 5. The number of primary amides is 1. The van der Waals surface area contributed by atoms with E-state index in [1.807, 2.05) is 18.2 Å². The van der Waals surface area contributed by atoms with Crippen molar-refractivity contribution in [2.75, 3.05) is 13.1 Å². The van der Waals surface area contributed by atoms with Crippen LogP contribution in [0.4, 0.5) is 8.78 Å². The summed E-state index contributed by atoms with van der Waals surface area (Å²) in [5.74, 6) is -4.45. The molecule has 1 fully saturated rings. The van der Waals surface area contributed by atoms with E-state index in [4.69, 9.17) is 5.73 Å². The summed E-state index contributed by atoms with van der Waals surface area (Å²) < 4.78 is 27.5. The Kier molecular flexibility index (Phi) is 6.20. The highest BCUT2D eigenvalue weighted by Gasteiger charge is 2.47. The first kappa shape index (κ1) is 22.6. The first-order chi connectivity index (χ1) is 15.8. The Labute approximate surface area is 189 Å². The molecule has 2 aliphatic heterocycles. The second kappa shape index (κ2) is 9.08. The van der Waals surface area contributed by atoms with Gasteiger partial charge in [-0.3, -0.25) is 14.6 Å². The van der Waals surface area contributed by atoms with Crippen LogP contribution in [0, 0.1) is 11.3 Å². The third-order valence-electron chi connectivity index (χ3n) is 5.96. The van der Waals surface area contributed by atoms with Gasteiger partial charge in [0.25, 0.3) is 5.92 Å². The first-order valence-electron chi connectivity index (χ1n) is 10.6. The zero-order valence-corrected chi connectivity index (χ0v) is 17.9. The predicted octanol–water partition coefficient (Wildman–Crippen LogP) is 2.30. The van der Waals surface area contributed by atoms with Gasteiger partial charge in [0.05, 0.1) is 24.7 Å². The maximum Gasteiger partial charge on any atom is 0.268 e. The fourth-order valence-corrected chi connectivity index (χ4v) is 4.28. The number of amides is 2. The Morgan fingerprint density at radius 1 is 1.30 bits per heavy atom. The summed E-state index contributed by atoms with van der Waals surface area (Å²) in [6.07, 6.45) is 4.72. The van der Waals surface area contributed by atoms with Crippen molar-refractivity contribution in [3.63, 3.8) is 0 Å². The van der Waals surface area contributed by atoms with Gasteiger partial charge in [0.2, 0.25) is 11.8 Å². The van der Waals surface area contributed by atoms with Crippen molar-refractivity contribution in [3.8, 4) is 6.07 Å². The first-order valence-corrected chi connectivity index (χ1v) is 10.6. The summed E-state index contributed by atoms with van der Waals surface area (Å²) in [7, 11) is 0. The Bertz CT molecular complexity index is 1170. The molecule has 0 spiro atoms. The highest BCUT2D eigenvalue weighted by molar-refractivity contribution is 5.98. The highest BCUT2D eigenvalue weighted by Crippen LogP contribution is 2.32. The van der Waals surface area contributed by atoms with Crippen molar-refractivity contribution in [2.24, 2.45) is 5.73 Å². The lowest BCUT2D eigenvalue weighted by Gasteiger charge is -2.19. The van der Waals surface area contributed by atoms with Crippen molar-refractivity contribution in [2.45, 2.75) is 37.8 Å². The van der Waals surface area contributed by atoms with E-state index in [0.717, 1.165) is 30.0 Å². The number of nitrogens with two attached hydrogens (primary N) is 1. The molecule has 1 aromatic carbocycles. The number of hydrogen-bond donors (Lipinski definition) is 2. The van der Waals surface area contributed by atoms with Gasteiger partial charge < -0.3 is 16.0 Å². The Balaban J connectivity index is 1.63. The number of likely N-dealkylation sites (tertiary alicyclic amines) is 1. The van der Waals surface area contributed by atoms with Gasteiger partial charge in [0.1, 0.15) is 6.04 Å². The average Bonchev–Trinajstić information content (AvgIpc) is 3.12. The van der Waals surface area contributed by atoms with E-state index >= 15 is 0 Å². The van der Waals surface area contributed by atoms with Crippen LogP contribution in [0.15, 0.2) is 30.5 Å². The zero-order valence-electron chi connectivity index (χ0n) is 17.9. The minimum absolute atomic E-state index is 0.176. The number of pyridine rings is 1. The number of carbonyl (C=O) groups is 2. The molecular weight excluding hydrogens is 428 g/mol. The summed E-state index contributed by atoms with van der Waals surface area (Å²) in [6, 6.07) is 8.09. The van der Waals surface area contributed by atoms with Gasteiger partial charge >= 0.3 is 0 Å². The maximum absolute atomic E-state index is 13.8. The number of carbonyl (C=O) groups excluding carboxylic acids is 2. The third kappa shape index (κ3) is 4.91. The largest absolute Gasteiger partial charge is 0.366 e. The second-order valence-corrected chi connectivity index (χ2v) is 8.27. The Hall–Kier alpha value is -3.64. The zero-order chi connectivity index (χ0) is 23.6. The fraction of sp³-hybridized carbons (Fsp3) is 0.333. The molecule has 2 aromatic rings. The summed E-state index contributed by atoms with van der Waals surface area (Å²) in [5, 5.41) is 12.5. The normalized spacial score (nSPS) is 19.3. The third-order valence-corrected chi connectivity index (χ3v) is 5.96. The van der Waals surface area contributed by atoms with E-state index in [1.165, 1.54) is 23.4 Å².